The van der Waals surface area contributed by atoms with E-state index in [9.17, 15) is 9.59 Å². The molecular formula is C22H21N5O5S. The summed E-state index contributed by atoms with van der Waals surface area (Å²) in [6, 6.07) is 7.31. The Kier molecular flexibility index (Phi) is 4.99. The van der Waals surface area contributed by atoms with Crippen molar-refractivity contribution in [3.63, 3.8) is 0 Å². The minimum absolute atomic E-state index is 0.126. The number of aromatic amines is 1. The zero-order valence-corrected chi connectivity index (χ0v) is 18.4. The molecule has 33 heavy (non-hydrogen) atoms. The highest BCUT2D eigenvalue weighted by Gasteiger charge is 2.28. The van der Waals surface area contributed by atoms with Gasteiger partial charge in [0.2, 0.25) is 6.79 Å². The van der Waals surface area contributed by atoms with Gasteiger partial charge >= 0.3 is 0 Å². The molecule has 3 aliphatic heterocycles. The summed E-state index contributed by atoms with van der Waals surface area (Å²) in [5, 5.41) is 10.6. The van der Waals surface area contributed by atoms with E-state index < -0.39 is 6.10 Å². The van der Waals surface area contributed by atoms with Crippen molar-refractivity contribution in [2.45, 2.75) is 31.9 Å². The second-order valence-electron chi connectivity index (χ2n) is 8.09. The normalized spacial score (nSPS) is 18.9. The van der Waals surface area contributed by atoms with Gasteiger partial charge in [-0.25, -0.2) is 4.98 Å². The highest BCUT2D eigenvalue weighted by Crippen LogP contribution is 2.36. The van der Waals surface area contributed by atoms with Gasteiger partial charge in [0.05, 0.1) is 17.9 Å². The number of hydrogen-bond donors (Lipinski definition) is 2. The van der Waals surface area contributed by atoms with Crippen molar-refractivity contribution in [1.82, 2.24) is 20.1 Å². The number of carbonyl (C=O) groups is 2. The van der Waals surface area contributed by atoms with Crippen LogP contribution in [0.15, 0.2) is 24.3 Å². The van der Waals surface area contributed by atoms with E-state index in [1.54, 1.807) is 11.0 Å². The van der Waals surface area contributed by atoms with Crippen molar-refractivity contribution < 1.29 is 23.8 Å². The van der Waals surface area contributed by atoms with Gasteiger partial charge in [0.1, 0.15) is 11.8 Å². The fraction of sp³-hybridized carbons (Fsp3) is 0.364. The first-order valence-corrected chi connectivity index (χ1v) is 11.6. The fourth-order valence-electron chi connectivity index (χ4n) is 4.20. The number of carbonyl (C=O) groups excluding carboxylic acids is 2. The third kappa shape index (κ3) is 3.83. The van der Waals surface area contributed by atoms with E-state index in [2.05, 4.69) is 20.5 Å². The average Bonchev–Trinajstić information content (AvgIpc) is 3.63. The number of aromatic nitrogens is 3. The minimum Gasteiger partial charge on any atom is -0.454 e. The standard InChI is InChI=1S/C22H21N5O5S/c28-20(17-2-1-7-30-17)24-22-23-13-5-6-27(10-19(13)33-22)21(29)15-9-14(25-26-15)12-3-4-16-18(8-12)32-11-31-16/h3-4,8-9,17H,1-2,5-7,10-11H2,(H,25,26)(H,23,24,28). The SMILES string of the molecule is O=C(Nc1nc2c(s1)CN(C(=O)c1cc(-c3ccc4c(c3)OCO4)n[nH]1)CC2)C1CCCO1. The van der Waals surface area contributed by atoms with Gasteiger partial charge in [0, 0.05) is 30.0 Å². The summed E-state index contributed by atoms with van der Waals surface area (Å²) in [6.45, 7) is 1.82. The molecular weight excluding hydrogens is 446 g/mol. The quantitative estimate of drug-likeness (QED) is 0.605. The molecule has 1 aromatic carbocycles. The Balaban J connectivity index is 1.14. The average molecular weight is 468 g/mol. The Labute approximate surface area is 192 Å². The summed E-state index contributed by atoms with van der Waals surface area (Å²) < 4.78 is 16.2. The lowest BCUT2D eigenvalue weighted by Crippen LogP contribution is -2.35. The molecule has 5 heterocycles. The van der Waals surface area contributed by atoms with Crippen LogP contribution in [0.2, 0.25) is 0 Å². The number of nitrogens with one attached hydrogen (secondary N) is 2. The van der Waals surface area contributed by atoms with E-state index in [0.717, 1.165) is 29.0 Å². The van der Waals surface area contributed by atoms with Crippen molar-refractivity contribution in [2.75, 3.05) is 25.3 Å². The molecule has 1 saturated heterocycles. The zero-order valence-electron chi connectivity index (χ0n) is 17.6. The van der Waals surface area contributed by atoms with Crippen LogP contribution in [0.1, 0.15) is 33.9 Å². The number of fused-ring (bicyclic) bond motifs is 2. The Morgan fingerprint density at radius 3 is 3.00 bits per heavy atom. The maximum Gasteiger partial charge on any atom is 0.272 e. The molecule has 10 nitrogen and oxygen atoms in total. The van der Waals surface area contributed by atoms with Crippen LogP contribution in [-0.4, -0.2) is 57.9 Å². The fourth-order valence-corrected chi connectivity index (χ4v) is 5.22. The van der Waals surface area contributed by atoms with E-state index in [0.29, 0.717) is 54.1 Å². The van der Waals surface area contributed by atoms with Crippen LogP contribution in [0.25, 0.3) is 11.3 Å². The maximum absolute atomic E-state index is 13.1. The van der Waals surface area contributed by atoms with Gasteiger partial charge < -0.3 is 19.1 Å². The summed E-state index contributed by atoms with van der Waals surface area (Å²) >= 11 is 1.41. The Hall–Kier alpha value is -3.44. The predicted octanol–water partition coefficient (Wildman–Crippen LogP) is 2.58. The number of rotatable bonds is 4. The number of thiazole rings is 1. The van der Waals surface area contributed by atoms with Crippen LogP contribution in [0.3, 0.4) is 0 Å². The molecule has 2 aromatic heterocycles. The van der Waals surface area contributed by atoms with Crippen molar-refractivity contribution in [1.29, 1.82) is 0 Å². The number of anilines is 1. The number of benzene rings is 1. The topological polar surface area (TPSA) is 119 Å². The molecule has 1 fully saturated rings. The third-order valence-corrected chi connectivity index (χ3v) is 6.95. The Bertz CT molecular complexity index is 1230. The van der Waals surface area contributed by atoms with Gasteiger partial charge in [-0.15, -0.1) is 0 Å². The second kappa shape index (κ2) is 8.16. The van der Waals surface area contributed by atoms with Crippen LogP contribution >= 0.6 is 11.3 Å². The Morgan fingerprint density at radius 2 is 2.12 bits per heavy atom. The lowest BCUT2D eigenvalue weighted by Gasteiger charge is -2.25. The van der Waals surface area contributed by atoms with Gasteiger partial charge in [0.25, 0.3) is 11.8 Å². The molecule has 0 spiro atoms. The third-order valence-electron chi connectivity index (χ3n) is 5.95. The van der Waals surface area contributed by atoms with Gasteiger partial charge in [0.15, 0.2) is 16.6 Å². The van der Waals surface area contributed by atoms with Crippen LogP contribution < -0.4 is 14.8 Å². The van der Waals surface area contributed by atoms with E-state index in [1.807, 2.05) is 18.2 Å². The summed E-state index contributed by atoms with van der Waals surface area (Å²) in [5.74, 6) is 1.09. The molecule has 6 rings (SSSR count). The first-order valence-electron chi connectivity index (χ1n) is 10.8. The molecule has 0 saturated carbocycles. The largest absolute Gasteiger partial charge is 0.454 e. The molecule has 0 radical (unpaired) electrons. The van der Waals surface area contributed by atoms with Crippen molar-refractivity contribution in [3.05, 3.63) is 40.5 Å². The molecule has 2 amide bonds. The van der Waals surface area contributed by atoms with E-state index >= 15 is 0 Å². The second-order valence-corrected chi connectivity index (χ2v) is 9.18. The number of amides is 2. The number of nitrogens with zero attached hydrogens (tertiary/aromatic N) is 3. The summed E-state index contributed by atoms with van der Waals surface area (Å²) in [6.07, 6.45) is 1.87. The van der Waals surface area contributed by atoms with Crippen LogP contribution in [0, 0.1) is 0 Å². The molecule has 0 bridgehead atoms. The molecule has 170 valence electrons. The van der Waals surface area contributed by atoms with Crippen molar-refractivity contribution >= 4 is 28.3 Å². The highest BCUT2D eigenvalue weighted by molar-refractivity contribution is 7.15. The van der Waals surface area contributed by atoms with E-state index in [4.69, 9.17) is 14.2 Å². The summed E-state index contributed by atoms with van der Waals surface area (Å²) in [4.78, 5) is 32.7. The molecule has 2 N–H and O–H groups in total. The predicted molar refractivity (Wildman–Crippen MR) is 118 cm³/mol. The van der Waals surface area contributed by atoms with Gasteiger partial charge in [-0.1, -0.05) is 11.3 Å². The Morgan fingerprint density at radius 1 is 1.21 bits per heavy atom. The zero-order chi connectivity index (χ0) is 22.4. The smallest absolute Gasteiger partial charge is 0.272 e. The van der Waals surface area contributed by atoms with Crippen LogP contribution in [-0.2, 0) is 22.5 Å². The van der Waals surface area contributed by atoms with Gasteiger partial charge in [-0.3, -0.25) is 20.0 Å². The summed E-state index contributed by atoms with van der Waals surface area (Å²) in [5.41, 5.74) is 2.84. The minimum atomic E-state index is -0.400. The molecule has 0 aliphatic carbocycles. The van der Waals surface area contributed by atoms with Gasteiger partial charge in [-0.05, 0) is 37.1 Å². The molecule has 3 aromatic rings. The molecule has 3 aliphatic rings. The molecule has 11 heteroatoms. The van der Waals surface area contributed by atoms with Crippen LogP contribution in [0.5, 0.6) is 11.5 Å². The molecule has 1 atom stereocenters. The van der Waals surface area contributed by atoms with Crippen molar-refractivity contribution in [2.24, 2.45) is 0 Å². The van der Waals surface area contributed by atoms with Gasteiger partial charge in [-0.2, -0.15) is 5.10 Å². The highest BCUT2D eigenvalue weighted by atomic mass is 32.1. The maximum atomic E-state index is 13.1. The number of hydrogen-bond acceptors (Lipinski definition) is 8. The molecule has 1 unspecified atom stereocenters. The van der Waals surface area contributed by atoms with Crippen LogP contribution in [0.4, 0.5) is 5.13 Å². The van der Waals surface area contributed by atoms with E-state index in [-0.39, 0.29) is 18.6 Å². The first kappa shape index (κ1) is 20.2. The number of ether oxygens (including phenoxy) is 3. The monoisotopic (exact) mass is 467 g/mol. The summed E-state index contributed by atoms with van der Waals surface area (Å²) in [7, 11) is 0. The van der Waals surface area contributed by atoms with E-state index in [1.165, 1.54) is 11.3 Å². The lowest BCUT2D eigenvalue weighted by molar-refractivity contribution is -0.124. The number of H-pyrrole nitrogens is 1. The first-order chi connectivity index (χ1) is 16.1. The lowest BCUT2D eigenvalue weighted by atomic mass is 10.1. The van der Waals surface area contributed by atoms with Crippen molar-refractivity contribution in [3.8, 4) is 22.8 Å².